The molecule has 5 rings (SSSR count). The monoisotopic (exact) mass is 392 g/mol. The maximum absolute atomic E-state index is 12.8. The van der Waals surface area contributed by atoms with Crippen molar-refractivity contribution >= 4 is 39.8 Å². The number of H-pyrrole nitrogens is 1. The molecule has 1 amide bonds. The van der Waals surface area contributed by atoms with E-state index in [2.05, 4.69) is 11.1 Å². The van der Waals surface area contributed by atoms with Crippen molar-refractivity contribution in [3.8, 4) is 0 Å². The van der Waals surface area contributed by atoms with Gasteiger partial charge in [-0.05, 0) is 41.5 Å². The van der Waals surface area contributed by atoms with Crippen LogP contribution in [0.1, 0.15) is 22.9 Å². The van der Waals surface area contributed by atoms with E-state index in [1.54, 1.807) is 19.2 Å². The number of thiocarbonyl (C=S) groups is 1. The van der Waals surface area contributed by atoms with Crippen molar-refractivity contribution in [3.05, 3.63) is 75.5 Å². The normalized spacial score (nSPS) is 21.2. The Morgan fingerprint density at radius 3 is 2.61 bits per heavy atom. The summed E-state index contributed by atoms with van der Waals surface area (Å²) in [6, 6.07) is 13.8. The van der Waals surface area contributed by atoms with Crippen LogP contribution in [0.15, 0.2) is 48.5 Å². The molecule has 0 bridgehead atoms. The van der Waals surface area contributed by atoms with E-state index in [1.807, 2.05) is 23.1 Å². The molecule has 0 spiro atoms. The first-order valence-corrected chi connectivity index (χ1v) is 9.32. The van der Waals surface area contributed by atoms with Gasteiger partial charge < -0.3 is 9.88 Å². The van der Waals surface area contributed by atoms with Gasteiger partial charge in [-0.15, -0.1) is 0 Å². The fraction of sp³-hybridized carbons (Fsp3) is 0.200. The average molecular weight is 392 g/mol. The summed E-state index contributed by atoms with van der Waals surface area (Å²) in [5.41, 5.74) is 3.98. The lowest BCUT2D eigenvalue weighted by molar-refractivity contribution is -0.384. The van der Waals surface area contributed by atoms with E-state index in [4.69, 9.17) is 12.2 Å². The summed E-state index contributed by atoms with van der Waals surface area (Å²) < 4.78 is 0. The first kappa shape index (κ1) is 16.9. The molecule has 1 saturated heterocycles. The molecule has 2 aliphatic rings. The molecule has 3 heterocycles. The third kappa shape index (κ3) is 2.21. The molecule has 1 N–H and O–H groups in total. The van der Waals surface area contributed by atoms with Crippen molar-refractivity contribution in [2.45, 2.75) is 18.5 Å². The predicted octanol–water partition coefficient (Wildman–Crippen LogP) is 3.15. The van der Waals surface area contributed by atoms with Gasteiger partial charge in [0.05, 0.1) is 11.0 Å². The third-order valence-corrected chi connectivity index (χ3v) is 6.16. The molecular formula is C20H16N4O3S. The number of nitro groups is 1. The van der Waals surface area contributed by atoms with Crippen LogP contribution in [0.25, 0.3) is 10.9 Å². The fourth-order valence-corrected chi connectivity index (χ4v) is 4.65. The van der Waals surface area contributed by atoms with Crippen LogP contribution in [0, 0.1) is 10.1 Å². The maximum atomic E-state index is 12.8. The number of nitrogens with zero attached hydrogens (tertiary/aromatic N) is 3. The molecule has 2 unspecified atom stereocenters. The van der Waals surface area contributed by atoms with Gasteiger partial charge in [-0.25, -0.2) is 0 Å². The van der Waals surface area contributed by atoms with E-state index >= 15 is 0 Å². The van der Waals surface area contributed by atoms with Crippen LogP contribution in [-0.2, 0) is 11.2 Å². The van der Waals surface area contributed by atoms with Crippen molar-refractivity contribution in [2.24, 2.45) is 0 Å². The van der Waals surface area contributed by atoms with E-state index < -0.39 is 4.92 Å². The second kappa shape index (κ2) is 5.87. The van der Waals surface area contributed by atoms with Crippen molar-refractivity contribution in [3.63, 3.8) is 0 Å². The molecule has 1 fully saturated rings. The smallest absolute Gasteiger partial charge is 0.269 e. The van der Waals surface area contributed by atoms with E-state index in [-0.39, 0.29) is 23.7 Å². The zero-order valence-electron chi connectivity index (χ0n) is 15.0. The Morgan fingerprint density at radius 2 is 1.89 bits per heavy atom. The number of hydrogen-bond donors (Lipinski definition) is 1. The summed E-state index contributed by atoms with van der Waals surface area (Å²) in [7, 11) is 1.70. The Balaban J connectivity index is 1.73. The Bertz CT molecular complexity index is 1150. The third-order valence-electron chi connectivity index (χ3n) is 5.67. The van der Waals surface area contributed by atoms with Crippen LogP contribution < -0.4 is 0 Å². The average Bonchev–Trinajstić information content (AvgIpc) is 3.18. The predicted molar refractivity (Wildman–Crippen MR) is 108 cm³/mol. The highest BCUT2D eigenvalue weighted by atomic mass is 32.1. The first-order chi connectivity index (χ1) is 13.5. The molecular weight excluding hydrogens is 376 g/mol. The van der Waals surface area contributed by atoms with Crippen LogP contribution >= 0.6 is 12.2 Å². The molecule has 0 aliphatic carbocycles. The number of carbonyl (C=O) groups is 1. The van der Waals surface area contributed by atoms with Gasteiger partial charge in [0.2, 0.25) is 0 Å². The lowest BCUT2D eigenvalue weighted by Gasteiger charge is -2.37. The fourth-order valence-electron chi connectivity index (χ4n) is 4.33. The largest absolute Gasteiger partial charge is 0.356 e. The SMILES string of the molecule is CN1C(=O)C2Cc3c([nH]c4ccccc34)C(c3ccc([N+](=O)[O-])cc3)N2C1=S. The summed E-state index contributed by atoms with van der Waals surface area (Å²) >= 11 is 5.58. The van der Waals surface area contributed by atoms with Crippen molar-refractivity contribution in [1.82, 2.24) is 14.8 Å². The summed E-state index contributed by atoms with van der Waals surface area (Å²) in [6.07, 6.45) is 0.576. The number of aromatic nitrogens is 1. The first-order valence-electron chi connectivity index (χ1n) is 8.91. The minimum Gasteiger partial charge on any atom is -0.356 e. The Labute approximate surface area is 165 Å². The highest BCUT2D eigenvalue weighted by molar-refractivity contribution is 7.80. The van der Waals surface area contributed by atoms with Gasteiger partial charge >= 0.3 is 0 Å². The Hall–Kier alpha value is -3.26. The summed E-state index contributed by atoms with van der Waals surface area (Å²) in [6.45, 7) is 0. The molecule has 0 radical (unpaired) electrons. The Morgan fingerprint density at radius 1 is 1.18 bits per heavy atom. The number of benzene rings is 2. The quantitative estimate of drug-likeness (QED) is 0.412. The van der Waals surface area contributed by atoms with Crippen LogP contribution in [0.2, 0.25) is 0 Å². The number of fused-ring (bicyclic) bond motifs is 4. The van der Waals surface area contributed by atoms with E-state index in [0.29, 0.717) is 11.5 Å². The van der Waals surface area contributed by atoms with Crippen LogP contribution in [0.4, 0.5) is 5.69 Å². The van der Waals surface area contributed by atoms with Gasteiger partial charge in [-0.1, -0.05) is 18.2 Å². The van der Waals surface area contributed by atoms with Crippen LogP contribution in [-0.4, -0.2) is 43.8 Å². The van der Waals surface area contributed by atoms with E-state index in [1.165, 1.54) is 17.0 Å². The topological polar surface area (TPSA) is 82.5 Å². The van der Waals surface area contributed by atoms with Crippen molar-refractivity contribution < 1.29 is 9.72 Å². The van der Waals surface area contributed by atoms with Gasteiger partial charge in [-0.3, -0.25) is 19.8 Å². The molecule has 7 nitrogen and oxygen atoms in total. The van der Waals surface area contributed by atoms with Gasteiger partial charge in [-0.2, -0.15) is 0 Å². The zero-order chi connectivity index (χ0) is 19.6. The number of carbonyl (C=O) groups excluding carboxylic acids is 1. The number of amides is 1. The highest BCUT2D eigenvalue weighted by Gasteiger charge is 2.49. The molecule has 28 heavy (non-hydrogen) atoms. The van der Waals surface area contributed by atoms with Crippen LogP contribution in [0.5, 0.6) is 0 Å². The number of hydrogen-bond acceptors (Lipinski definition) is 4. The van der Waals surface area contributed by atoms with Crippen molar-refractivity contribution in [1.29, 1.82) is 0 Å². The van der Waals surface area contributed by atoms with E-state index in [0.717, 1.165) is 27.7 Å². The number of aromatic amines is 1. The van der Waals surface area contributed by atoms with Gasteiger partial charge in [0.15, 0.2) is 5.11 Å². The molecule has 0 saturated carbocycles. The molecule has 2 atom stereocenters. The molecule has 140 valence electrons. The number of para-hydroxylation sites is 1. The standard InChI is InChI=1S/C20H16N4O3S/c1-22-19(25)16-10-14-13-4-2-3-5-15(13)21-17(14)18(23(16)20(22)28)11-6-8-12(9-7-11)24(26)27/h2-9,16,18,21H,10H2,1H3. The highest BCUT2D eigenvalue weighted by Crippen LogP contribution is 2.43. The Kier molecular flexibility index (Phi) is 3.54. The minimum atomic E-state index is -0.417. The van der Waals surface area contributed by atoms with Crippen LogP contribution in [0.3, 0.4) is 0 Å². The second-order valence-electron chi connectivity index (χ2n) is 7.12. The lowest BCUT2D eigenvalue weighted by Crippen LogP contribution is -2.44. The minimum absolute atomic E-state index is 0.0205. The lowest BCUT2D eigenvalue weighted by atomic mass is 9.89. The van der Waals surface area contributed by atoms with Gasteiger partial charge in [0, 0.05) is 42.2 Å². The van der Waals surface area contributed by atoms with Gasteiger partial charge in [0.25, 0.3) is 11.6 Å². The molecule has 2 aromatic carbocycles. The number of rotatable bonds is 2. The number of likely N-dealkylation sites (N-methyl/N-ethyl adjacent to an activating group) is 1. The molecule has 8 heteroatoms. The summed E-state index contributed by atoms with van der Waals surface area (Å²) in [5, 5.41) is 12.6. The summed E-state index contributed by atoms with van der Waals surface area (Å²) in [5.74, 6) is -0.0205. The maximum Gasteiger partial charge on any atom is 0.269 e. The summed E-state index contributed by atoms with van der Waals surface area (Å²) in [4.78, 5) is 30.4. The second-order valence-corrected chi connectivity index (χ2v) is 7.49. The molecule has 3 aromatic rings. The number of non-ortho nitro benzene ring substituents is 1. The number of nitro benzene ring substituents is 1. The van der Waals surface area contributed by atoms with E-state index in [9.17, 15) is 14.9 Å². The molecule has 2 aliphatic heterocycles. The van der Waals surface area contributed by atoms with Gasteiger partial charge in [0.1, 0.15) is 6.04 Å². The molecule has 1 aromatic heterocycles. The van der Waals surface area contributed by atoms with Crippen molar-refractivity contribution in [2.75, 3.05) is 7.05 Å². The number of nitrogens with one attached hydrogen (secondary N) is 1. The zero-order valence-corrected chi connectivity index (χ0v) is 15.8.